The van der Waals surface area contributed by atoms with E-state index in [1.165, 1.54) is 4.90 Å². The fourth-order valence-corrected chi connectivity index (χ4v) is 2.50. The highest BCUT2D eigenvalue weighted by atomic mass is 19.4. The molecule has 2 rings (SSSR count). The Kier molecular flexibility index (Phi) is 6.24. The lowest BCUT2D eigenvalue weighted by Gasteiger charge is -2.22. The van der Waals surface area contributed by atoms with E-state index in [1.807, 2.05) is 6.07 Å². The summed E-state index contributed by atoms with van der Waals surface area (Å²) in [7, 11) is 0. The summed E-state index contributed by atoms with van der Waals surface area (Å²) < 4.78 is 42.1. The van der Waals surface area contributed by atoms with Crippen molar-refractivity contribution in [3.63, 3.8) is 0 Å². The number of benzene rings is 1. The molecule has 138 valence electrons. The molecule has 1 aromatic carbocycles. The van der Waals surface area contributed by atoms with E-state index in [4.69, 9.17) is 4.74 Å². The monoisotopic (exact) mass is 360 g/mol. The highest BCUT2D eigenvalue weighted by Crippen LogP contribution is 2.18. The Morgan fingerprint density at radius 2 is 1.84 bits per heavy atom. The number of nitrogens with zero attached hydrogens (tertiary/aromatic N) is 1. The number of amides is 2. The Hall–Kier alpha value is -2.29. The van der Waals surface area contributed by atoms with Crippen molar-refractivity contribution in [1.29, 1.82) is 0 Å². The lowest BCUT2D eigenvalue weighted by atomic mass is 10.1. The van der Waals surface area contributed by atoms with E-state index >= 15 is 0 Å². The summed E-state index contributed by atoms with van der Waals surface area (Å²) in [4.78, 5) is 24.4. The third-order valence-electron chi connectivity index (χ3n) is 3.91. The van der Waals surface area contributed by atoms with Gasteiger partial charge in [0.15, 0.2) is 0 Å². The van der Waals surface area contributed by atoms with Gasteiger partial charge in [0, 0.05) is 13.1 Å². The Balaban J connectivity index is 1.86. The van der Waals surface area contributed by atoms with Crippen LogP contribution in [0.1, 0.15) is 18.4 Å². The number of hydrogen-bond donors (Lipinski definition) is 2. The van der Waals surface area contributed by atoms with Crippen molar-refractivity contribution in [3.8, 4) is 0 Å². The molecule has 1 heterocycles. The maximum absolute atomic E-state index is 12.3. The van der Waals surface area contributed by atoms with Crippen LogP contribution in [-0.2, 0) is 16.1 Å². The van der Waals surface area contributed by atoms with Gasteiger partial charge in [-0.15, -0.1) is 0 Å². The molecule has 0 aliphatic carbocycles. The first-order valence-electron chi connectivity index (χ1n) is 7.78. The zero-order valence-corrected chi connectivity index (χ0v) is 13.3. The molecule has 1 aliphatic rings. The molecule has 25 heavy (non-hydrogen) atoms. The van der Waals surface area contributed by atoms with Crippen LogP contribution in [0.4, 0.5) is 18.0 Å². The first-order valence-corrected chi connectivity index (χ1v) is 7.78. The van der Waals surface area contributed by atoms with Gasteiger partial charge < -0.3 is 20.1 Å². The molecule has 6 nitrogen and oxygen atoms in total. The van der Waals surface area contributed by atoms with Crippen LogP contribution in [0.5, 0.6) is 0 Å². The number of carbonyl (C=O) groups is 2. The lowest BCUT2D eigenvalue weighted by Crippen LogP contribution is -2.48. The van der Waals surface area contributed by atoms with E-state index < -0.39 is 30.3 Å². The summed E-state index contributed by atoms with van der Waals surface area (Å²) in [6, 6.07) is 7.96. The van der Waals surface area contributed by atoms with Crippen LogP contribution in [-0.4, -0.2) is 53.4 Å². The van der Waals surface area contributed by atoms with Crippen molar-refractivity contribution in [2.24, 2.45) is 0 Å². The molecule has 2 amide bonds. The predicted molar refractivity (Wildman–Crippen MR) is 81.4 cm³/mol. The summed E-state index contributed by atoms with van der Waals surface area (Å²) in [6.07, 6.45) is -6.75. The van der Waals surface area contributed by atoms with E-state index in [-0.39, 0.29) is 32.5 Å². The Bertz CT molecular complexity index is 595. The van der Waals surface area contributed by atoms with Gasteiger partial charge in [-0.05, 0) is 18.4 Å². The molecule has 0 spiro atoms. The molecule has 1 saturated heterocycles. The SMILES string of the molecule is O=C(OCc1ccccc1)N1CC[C@H](NC(=O)C(F)(F)F)[C@@H](O)CC1. The van der Waals surface area contributed by atoms with Crippen LogP contribution >= 0.6 is 0 Å². The molecule has 1 fully saturated rings. The van der Waals surface area contributed by atoms with Crippen LogP contribution in [0.2, 0.25) is 0 Å². The van der Waals surface area contributed by atoms with Crippen LogP contribution < -0.4 is 5.32 Å². The van der Waals surface area contributed by atoms with E-state index in [2.05, 4.69) is 0 Å². The summed E-state index contributed by atoms with van der Waals surface area (Å²) in [6.45, 7) is 0.285. The van der Waals surface area contributed by atoms with E-state index in [0.717, 1.165) is 5.56 Å². The Morgan fingerprint density at radius 3 is 2.48 bits per heavy atom. The first-order chi connectivity index (χ1) is 11.8. The minimum atomic E-state index is -5.01. The molecule has 1 aliphatic heterocycles. The maximum atomic E-state index is 12.3. The van der Waals surface area contributed by atoms with Gasteiger partial charge in [-0.1, -0.05) is 30.3 Å². The van der Waals surface area contributed by atoms with Gasteiger partial charge in [-0.3, -0.25) is 4.79 Å². The average molecular weight is 360 g/mol. The molecule has 2 N–H and O–H groups in total. The lowest BCUT2D eigenvalue weighted by molar-refractivity contribution is -0.175. The van der Waals surface area contributed by atoms with Crippen molar-refractivity contribution in [3.05, 3.63) is 35.9 Å². The highest BCUT2D eigenvalue weighted by molar-refractivity contribution is 5.82. The largest absolute Gasteiger partial charge is 0.471 e. The molecule has 9 heteroatoms. The fraction of sp³-hybridized carbons (Fsp3) is 0.500. The molecule has 1 aromatic rings. The fourth-order valence-electron chi connectivity index (χ4n) is 2.50. The number of hydrogen-bond acceptors (Lipinski definition) is 4. The summed E-state index contributed by atoms with van der Waals surface area (Å²) in [5, 5.41) is 11.7. The second-order valence-corrected chi connectivity index (χ2v) is 5.75. The Morgan fingerprint density at radius 1 is 1.20 bits per heavy atom. The minimum absolute atomic E-state index is 0.00340. The smallest absolute Gasteiger partial charge is 0.445 e. The summed E-state index contributed by atoms with van der Waals surface area (Å²) >= 11 is 0. The van der Waals surface area contributed by atoms with E-state index in [0.29, 0.717) is 0 Å². The van der Waals surface area contributed by atoms with Gasteiger partial charge in [0.2, 0.25) is 0 Å². The minimum Gasteiger partial charge on any atom is -0.445 e. The van der Waals surface area contributed by atoms with Crippen LogP contribution in [0.25, 0.3) is 0 Å². The van der Waals surface area contributed by atoms with Gasteiger partial charge in [0.25, 0.3) is 0 Å². The number of nitrogens with one attached hydrogen (secondary N) is 1. The van der Waals surface area contributed by atoms with Gasteiger partial charge in [0.05, 0.1) is 12.1 Å². The second kappa shape index (κ2) is 8.19. The Labute approximate surface area is 142 Å². The number of aliphatic hydroxyl groups excluding tert-OH is 1. The molecule has 0 radical (unpaired) electrons. The third-order valence-corrected chi connectivity index (χ3v) is 3.91. The van der Waals surface area contributed by atoms with E-state index in [9.17, 15) is 27.9 Å². The highest BCUT2D eigenvalue weighted by Gasteiger charge is 2.41. The zero-order chi connectivity index (χ0) is 18.4. The van der Waals surface area contributed by atoms with Gasteiger partial charge in [-0.25, -0.2) is 4.79 Å². The van der Waals surface area contributed by atoms with Crippen LogP contribution in [0.15, 0.2) is 30.3 Å². The molecule has 0 saturated carbocycles. The zero-order valence-electron chi connectivity index (χ0n) is 13.3. The standard InChI is InChI=1S/C16H19F3N2O4/c17-16(18,19)14(23)20-12-6-8-21(9-7-13(12)22)15(24)25-10-11-4-2-1-3-5-11/h1-5,12-13,22H,6-10H2,(H,20,23)/t12-,13-/m0/s1. The number of likely N-dealkylation sites (tertiary alicyclic amines) is 1. The molecule has 2 atom stereocenters. The van der Waals surface area contributed by atoms with Crippen molar-refractivity contribution >= 4 is 12.0 Å². The first kappa shape index (κ1) is 19.0. The molecular weight excluding hydrogens is 341 g/mol. The number of rotatable bonds is 3. The van der Waals surface area contributed by atoms with Crippen molar-refractivity contribution < 1.29 is 32.6 Å². The summed E-state index contributed by atoms with van der Waals surface area (Å²) in [5.74, 6) is -2.10. The van der Waals surface area contributed by atoms with Crippen LogP contribution in [0, 0.1) is 0 Å². The second-order valence-electron chi connectivity index (χ2n) is 5.75. The number of carbonyl (C=O) groups excluding carboxylic acids is 2. The van der Waals surface area contributed by atoms with Crippen molar-refractivity contribution in [2.45, 2.75) is 37.8 Å². The number of aliphatic hydroxyl groups is 1. The van der Waals surface area contributed by atoms with E-state index in [1.54, 1.807) is 29.6 Å². The predicted octanol–water partition coefficient (Wildman–Crippen LogP) is 1.83. The van der Waals surface area contributed by atoms with Gasteiger partial charge in [-0.2, -0.15) is 13.2 Å². The topological polar surface area (TPSA) is 78.9 Å². The number of ether oxygens (including phenoxy) is 1. The van der Waals surface area contributed by atoms with Crippen molar-refractivity contribution in [1.82, 2.24) is 10.2 Å². The number of halogens is 3. The average Bonchev–Trinajstić information content (AvgIpc) is 2.75. The maximum Gasteiger partial charge on any atom is 0.471 e. The molecule has 0 aromatic heterocycles. The molecular formula is C16H19F3N2O4. The third kappa shape index (κ3) is 5.63. The van der Waals surface area contributed by atoms with Gasteiger partial charge >= 0.3 is 18.2 Å². The van der Waals surface area contributed by atoms with Crippen LogP contribution in [0.3, 0.4) is 0 Å². The quantitative estimate of drug-likeness (QED) is 0.862. The molecule has 0 unspecified atom stereocenters. The van der Waals surface area contributed by atoms with Gasteiger partial charge in [0.1, 0.15) is 6.61 Å². The summed E-state index contributed by atoms with van der Waals surface area (Å²) in [5.41, 5.74) is 0.807. The molecule has 0 bridgehead atoms. The normalized spacial score (nSPS) is 21.4. The van der Waals surface area contributed by atoms with Crippen molar-refractivity contribution in [2.75, 3.05) is 13.1 Å². The number of alkyl halides is 3.